The molecule has 6 heterocycles. The van der Waals surface area contributed by atoms with Crippen LogP contribution in [0.5, 0.6) is 0 Å². The van der Waals surface area contributed by atoms with Gasteiger partial charge < -0.3 is 14.7 Å². The van der Waals surface area contributed by atoms with Crippen molar-refractivity contribution < 1.29 is 4.42 Å². The largest absolute Gasteiger partial charge is 0.472 e. The van der Waals surface area contributed by atoms with Gasteiger partial charge in [-0.05, 0) is 61.7 Å². The lowest BCUT2D eigenvalue weighted by Gasteiger charge is -2.22. The average molecular weight is 384 g/mol. The van der Waals surface area contributed by atoms with E-state index in [0.717, 1.165) is 70.5 Å². The third-order valence-corrected chi connectivity index (χ3v) is 5.85. The fourth-order valence-corrected chi connectivity index (χ4v) is 4.31. The quantitative estimate of drug-likeness (QED) is 0.433. The normalized spacial score (nSPS) is 15.4. The molecule has 1 aliphatic heterocycles. The van der Waals surface area contributed by atoms with E-state index < -0.39 is 0 Å². The molecule has 3 N–H and O–H groups in total. The van der Waals surface area contributed by atoms with E-state index in [4.69, 9.17) is 4.42 Å². The van der Waals surface area contributed by atoms with E-state index >= 15 is 0 Å². The third-order valence-electron chi connectivity index (χ3n) is 5.85. The molecule has 5 aromatic rings. The first kappa shape index (κ1) is 16.5. The van der Waals surface area contributed by atoms with E-state index in [1.165, 1.54) is 5.56 Å². The second kappa shape index (κ2) is 6.56. The van der Waals surface area contributed by atoms with Crippen LogP contribution in [0.25, 0.3) is 44.6 Å². The molecule has 0 atom stereocenters. The zero-order valence-corrected chi connectivity index (χ0v) is 15.8. The maximum atomic E-state index is 5.25. The lowest BCUT2D eigenvalue weighted by atomic mass is 9.91. The van der Waals surface area contributed by atoms with Crippen LogP contribution >= 0.6 is 0 Å². The molecule has 0 bridgehead atoms. The van der Waals surface area contributed by atoms with Gasteiger partial charge in [0.1, 0.15) is 5.69 Å². The molecule has 0 saturated carbocycles. The second-order valence-corrected chi connectivity index (χ2v) is 7.58. The number of H-pyrrole nitrogens is 2. The lowest BCUT2D eigenvalue weighted by molar-refractivity contribution is 0.460. The molecule has 29 heavy (non-hydrogen) atoms. The van der Waals surface area contributed by atoms with Crippen LogP contribution in [0.2, 0.25) is 0 Å². The topological polar surface area (TPSA) is 95.4 Å². The molecule has 1 fully saturated rings. The Hall–Kier alpha value is -3.45. The highest BCUT2D eigenvalue weighted by Gasteiger charge is 2.19. The van der Waals surface area contributed by atoms with Crippen LogP contribution in [0.1, 0.15) is 24.3 Å². The Morgan fingerprint density at radius 1 is 1.00 bits per heavy atom. The van der Waals surface area contributed by atoms with Crippen molar-refractivity contribution in [3.8, 4) is 22.6 Å². The Bertz CT molecular complexity index is 1290. The van der Waals surface area contributed by atoms with Gasteiger partial charge in [0, 0.05) is 34.2 Å². The van der Waals surface area contributed by atoms with Gasteiger partial charge in [0.15, 0.2) is 5.65 Å². The molecule has 144 valence electrons. The molecule has 0 aliphatic carbocycles. The first-order chi connectivity index (χ1) is 14.4. The van der Waals surface area contributed by atoms with Crippen LogP contribution in [0.15, 0.2) is 53.6 Å². The minimum Gasteiger partial charge on any atom is -0.472 e. The summed E-state index contributed by atoms with van der Waals surface area (Å²) in [5.41, 5.74) is 6.81. The highest BCUT2D eigenvalue weighted by molar-refractivity contribution is 5.99. The van der Waals surface area contributed by atoms with Gasteiger partial charge in [-0.1, -0.05) is 0 Å². The van der Waals surface area contributed by atoms with Gasteiger partial charge in [-0.3, -0.25) is 10.1 Å². The highest BCUT2D eigenvalue weighted by Crippen LogP contribution is 2.34. The summed E-state index contributed by atoms with van der Waals surface area (Å²) in [5.74, 6) is 0.551. The van der Waals surface area contributed by atoms with Crippen molar-refractivity contribution >= 4 is 21.9 Å². The molecule has 7 nitrogen and oxygen atoms in total. The van der Waals surface area contributed by atoms with Crippen molar-refractivity contribution in [2.24, 2.45) is 0 Å². The summed E-state index contributed by atoms with van der Waals surface area (Å²) in [4.78, 5) is 12.7. The van der Waals surface area contributed by atoms with Crippen LogP contribution in [-0.4, -0.2) is 38.2 Å². The summed E-state index contributed by atoms with van der Waals surface area (Å²) in [5, 5.41) is 13.2. The van der Waals surface area contributed by atoms with Gasteiger partial charge in [-0.25, -0.2) is 4.98 Å². The fourth-order valence-electron chi connectivity index (χ4n) is 4.31. The van der Waals surface area contributed by atoms with Crippen molar-refractivity contribution in [3.63, 3.8) is 0 Å². The maximum absolute atomic E-state index is 5.25. The molecule has 1 aliphatic rings. The second-order valence-electron chi connectivity index (χ2n) is 7.58. The van der Waals surface area contributed by atoms with Crippen LogP contribution < -0.4 is 5.32 Å². The summed E-state index contributed by atoms with van der Waals surface area (Å²) in [7, 11) is 0. The van der Waals surface area contributed by atoms with Crippen molar-refractivity contribution in [1.29, 1.82) is 0 Å². The van der Waals surface area contributed by atoms with Crippen LogP contribution in [0, 0.1) is 0 Å². The summed E-state index contributed by atoms with van der Waals surface area (Å²) in [6.07, 6.45) is 9.47. The number of hydrogen-bond acceptors (Lipinski definition) is 5. The van der Waals surface area contributed by atoms with Crippen molar-refractivity contribution in [3.05, 3.63) is 54.7 Å². The SMILES string of the molecule is c1cc2[nH]c(-c3n[nH]c4ncc(C5CCNCC5)cc34)cc2c(-c2ccoc2)n1. The predicted octanol–water partition coefficient (Wildman–Crippen LogP) is 4.23. The lowest BCUT2D eigenvalue weighted by Crippen LogP contribution is -2.26. The van der Waals surface area contributed by atoms with Crippen LogP contribution in [0.4, 0.5) is 0 Å². The monoisotopic (exact) mass is 384 g/mol. The molecule has 0 spiro atoms. The Labute approximate surface area is 166 Å². The van der Waals surface area contributed by atoms with Gasteiger partial charge in [-0.2, -0.15) is 5.10 Å². The number of rotatable bonds is 3. The highest BCUT2D eigenvalue weighted by atomic mass is 16.3. The number of pyridine rings is 2. The molecule has 0 radical (unpaired) electrons. The van der Waals surface area contributed by atoms with Gasteiger partial charge in [0.25, 0.3) is 0 Å². The van der Waals surface area contributed by atoms with E-state index in [-0.39, 0.29) is 0 Å². The third kappa shape index (κ3) is 2.74. The van der Waals surface area contributed by atoms with Crippen molar-refractivity contribution in [2.45, 2.75) is 18.8 Å². The molecule has 0 amide bonds. The number of fused-ring (bicyclic) bond motifs is 2. The first-order valence-corrected chi connectivity index (χ1v) is 9.92. The van der Waals surface area contributed by atoms with E-state index in [9.17, 15) is 0 Å². The van der Waals surface area contributed by atoms with Crippen molar-refractivity contribution in [1.82, 2.24) is 30.5 Å². The zero-order chi connectivity index (χ0) is 19.2. The van der Waals surface area contributed by atoms with Gasteiger partial charge in [0.2, 0.25) is 0 Å². The van der Waals surface area contributed by atoms with Crippen LogP contribution in [0.3, 0.4) is 0 Å². The summed E-state index contributed by atoms with van der Waals surface area (Å²) in [6, 6.07) is 8.26. The molecular formula is C22H20N6O. The molecule has 5 aromatic heterocycles. The molecular weight excluding hydrogens is 364 g/mol. The number of aromatic nitrogens is 5. The van der Waals surface area contributed by atoms with Gasteiger partial charge >= 0.3 is 0 Å². The molecule has 6 rings (SSSR count). The predicted molar refractivity (Wildman–Crippen MR) is 112 cm³/mol. The molecule has 1 saturated heterocycles. The minimum atomic E-state index is 0.551. The summed E-state index contributed by atoms with van der Waals surface area (Å²) >= 11 is 0. The Kier molecular flexibility index (Phi) is 3.73. The number of nitrogens with one attached hydrogen (secondary N) is 3. The van der Waals surface area contributed by atoms with Gasteiger partial charge in [-0.15, -0.1) is 0 Å². The number of aromatic amines is 2. The number of hydrogen-bond donors (Lipinski definition) is 3. The van der Waals surface area contributed by atoms with Crippen molar-refractivity contribution in [2.75, 3.05) is 13.1 Å². The van der Waals surface area contributed by atoms with E-state index in [1.807, 2.05) is 24.5 Å². The molecule has 0 unspecified atom stereocenters. The number of piperidine rings is 1. The standard InChI is InChI=1S/C22H20N6O/c1-5-23-6-2-13(1)15-9-17-21(27-28-22(17)25-11-15)19-10-16-18(26-19)3-7-24-20(16)14-4-8-29-12-14/h3-4,7-13,23,26H,1-2,5-6H2,(H,25,27,28). The average Bonchev–Trinajstić information content (AvgIpc) is 3.52. The Balaban J connectivity index is 1.48. The first-order valence-electron chi connectivity index (χ1n) is 9.92. The fraction of sp³-hybridized carbons (Fsp3) is 0.227. The van der Waals surface area contributed by atoms with E-state index in [2.05, 4.69) is 42.6 Å². The molecule has 7 heteroatoms. The van der Waals surface area contributed by atoms with E-state index in [1.54, 1.807) is 12.5 Å². The smallest absolute Gasteiger partial charge is 0.155 e. The molecule has 0 aromatic carbocycles. The summed E-state index contributed by atoms with van der Waals surface area (Å²) < 4.78 is 5.25. The Morgan fingerprint density at radius 3 is 2.79 bits per heavy atom. The zero-order valence-electron chi connectivity index (χ0n) is 15.8. The summed E-state index contributed by atoms with van der Waals surface area (Å²) in [6.45, 7) is 2.12. The number of nitrogens with zero attached hydrogens (tertiary/aromatic N) is 3. The number of furan rings is 1. The van der Waals surface area contributed by atoms with Gasteiger partial charge in [0.05, 0.1) is 23.9 Å². The Morgan fingerprint density at radius 2 is 1.93 bits per heavy atom. The van der Waals surface area contributed by atoms with Crippen LogP contribution in [-0.2, 0) is 0 Å². The minimum absolute atomic E-state index is 0.551. The maximum Gasteiger partial charge on any atom is 0.155 e. The van der Waals surface area contributed by atoms with E-state index in [0.29, 0.717) is 5.92 Å².